The van der Waals surface area contributed by atoms with Gasteiger partial charge in [0.25, 0.3) is 0 Å². The largest absolute Gasteiger partial charge is 0.316 e. The van der Waals surface area contributed by atoms with Crippen molar-refractivity contribution in [3.8, 4) is 0 Å². The van der Waals surface area contributed by atoms with Crippen LogP contribution in [0.1, 0.15) is 52.3 Å². The Balaban J connectivity index is 2.31. The fourth-order valence-electron chi connectivity index (χ4n) is 2.51. The molecule has 0 aliphatic heterocycles. The molecule has 0 saturated carbocycles. The van der Waals surface area contributed by atoms with Crippen molar-refractivity contribution in [2.45, 2.75) is 66.1 Å². The van der Waals surface area contributed by atoms with Gasteiger partial charge in [0, 0.05) is 23.5 Å². The van der Waals surface area contributed by atoms with Crippen LogP contribution in [-0.2, 0) is 6.54 Å². The summed E-state index contributed by atoms with van der Waals surface area (Å²) >= 11 is 1.87. The molecule has 1 N–H and O–H groups in total. The molecule has 0 saturated heterocycles. The van der Waals surface area contributed by atoms with Crippen LogP contribution in [0.3, 0.4) is 0 Å². The predicted octanol–water partition coefficient (Wildman–Crippen LogP) is 4.37. The average Bonchev–Trinajstić information content (AvgIpc) is 2.87. The van der Waals surface area contributed by atoms with Crippen molar-refractivity contribution in [3.05, 3.63) is 22.4 Å². The topological polar surface area (TPSA) is 15.3 Å². The molecule has 1 heterocycles. The molecule has 20 heavy (non-hydrogen) atoms. The molecule has 0 aromatic carbocycles. The van der Waals surface area contributed by atoms with E-state index in [2.05, 4.69) is 62.3 Å². The number of thiophene rings is 1. The van der Waals surface area contributed by atoms with Gasteiger partial charge in [0.15, 0.2) is 0 Å². The molecule has 0 fully saturated rings. The molecule has 116 valence electrons. The number of hydrogen-bond acceptors (Lipinski definition) is 3. The maximum absolute atomic E-state index is 3.54. The summed E-state index contributed by atoms with van der Waals surface area (Å²) in [5.74, 6) is 0.749. The fraction of sp³-hybridized carbons (Fsp3) is 0.765. The lowest BCUT2D eigenvalue weighted by atomic mass is 10.1. The Labute approximate surface area is 129 Å². The monoisotopic (exact) mass is 296 g/mol. The molecule has 2 nitrogen and oxygen atoms in total. The first-order valence-corrected chi connectivity index (χ1v) is 8.87. The second-order valence-corrected chi connectivity index (χ2v) is 7.47. The van der Waals surface area contributed by atoms with E-state index in [1.165, 1.54) is 17.7 Å². The highest BCUT2D eigenvalue weighted by Crippen LogP contribution is 2.18. The second kappa shape index (κ2) is 9.54. The van der Waals surface area contributed by atoms with Crippen molar-refractivity contribution >= 4 is 11.3 Å². The third-order valence-electron chi connectivity index (χ3n) is 3.68. The van der Waals surface area contributed by atoms with Crippen LogP contribution in [-0.4, -0.2) is 30.1 Å². The Hall–Kier alpha value is -0.380. The van der Waals surface area contributed by atoms with Gasteiger partial charge in [-0.3, -0.25) is 4.90 Å². The van der Waals surface area contributed by atoms with E-state index in [1.807, 2.05) is 11.3 Å². The fourth-order valence-corrected chi connectivity index (χ4v) is 3.22. The van der Waals surface area contributed by atoms with Crippen molar-refractivity contribution in [1.29, 1.82) is 0 Å². The van der Waals surface area contributed by atoms with Gasteiger partial charge in [0.2, 0.25) is 0 Å². The smallest absolute Gasteiger partial charge is 0.0333 e. The maximum atomic E-state index is 3.54. The van der Waals surface area contributed by atoms with E-state index in [0.717, 1.165) is 25.6 Å². The number of nitrogens with one attached hydrogen (secondary N) is 1. The third-order valence-corrected chi connectivity index (χ3v) is 4.54. The van der Waals surface area contributed by atoms with E-state index in [4.69, 9.17) is 0 Å². The quantitative estimate of drug-likeness (QED) is 0.645. The van der Waals surface area contributed by atoms with Gasteiger partial charge >= 0.3 is 0 Å². The molecule has 0 aliphatic carbocycles. The first-order chi connectivity index (χ1) is 9.50. The lowest BCUT2D eigenvalue weighted by molar-refractivity contribution is 0.147. The minimum Gasteiger partial charge on any atom is -0.316 e. The summed E-state index contributed by atoms with van der Waals surface area (Å²) in [6, 6.07) is 5.66. The molecule has 3 heteroatoms. The molecular weight excluding hydrogens is 264 g/mol. The van der Waals surface area contributed by atoms with Crippen LogP contribution in [0, 0.1) is 5.92 Å². The average molecular weight is 297 g/mol. The molecule has 1 unspecified atom stereocenters. The van der Waals surface area contributed by atoms with Gasteiger partial charge in [0.1, 0.15) is 0 Å². The van der Waals surface area contributed by atoms with Crippen LogP contribution in [0.25, 0.3) is 0 Å². The predicted molar refractivity (Wildman–Crippen MR) is 91.4 cm³/mol. The van der Waals surface area contributed by atoms with Crippen LogP contribution in [0.4, 0.5) is 0 Å². The summed E-state index contributed by atoms with van der Waals surface area (Å²) in [5, 5.41) is 5.71. The Morgan fingerprint density at radius 2 is 1.95 bits per heavy atom. The van der Waals surface area contributed by atoms with Gasteiger partial charge in [-0.05, 0) is 64.1 Å². The zero-order valence-electron chi connectivity index (χ0n) is 13.9. The number of nitrogens with zero attached hydrogens (tertiary/aromatic N) is 1. The van der Waals surface area contributed by atoms with E-state index in [9.17, 15) is 0 Å². The van der Waals surface area contributed by atoms with Crippen molar-refractivity contribution in [3.63, 3.8) is 0 Å². The number of rotatable bonds is 10. The van der Waals surface area contributed by atoms with Crippen molar-refractivity contribution in [2.24, 2.45) is 5.92 Å². The SMILES string of the molecule is CC(C)CNCCCC(C)N(Cc1cccs1)C(C)C. The molecule has 1 aromatic rings. The normalized spacial score (nSPS) is 13.6. The Morgan fingerprint density at radius 3 is 2.50 bits per heavy atom. The Bertz CT molecular complexity index is 333. The summed E-state index contributed by atoms with van der Waals surface area (Å²) in [5.41, 5.74) is 0. The van der Waals surface area contributed by atoms with Crippen molar-refractivity contribution in [1.82, 2.24) is 10.2 Å². The molecule has 1 atom stereocenters. The Morgan fingerprint density at radius 1 is 1.20 bits per heavy atom. The molecule has 1 rings (SSSR count). The van der Waals surface area contributed by atoms with Gasteiger partial charge in [-0.2, -0.15) is 0 Å². The number of hydrogen-bond donors (Lipinski definition) is 1. The molecular formula is C17H32N2S. The van der Waals surface area contributed by atoms with Gasteiger partial charge in [-0.25, -0.2) is 0 Å². The minimum absolute atomic E-state index is 0.607. The lowest BCUT2D eigenvalue weighted by Crippen LogP contribution is -2.38. The summed E-state index contributed by atoms with van der Waals surface area (Å²) in [7, 11) is 0. The molecule has 0 amide bonds. The first-order valence-electron chi connectivity index (χ1n) is 7.99. The maximum Gasteiger partial charge on any atom is 0.0333 e. The van der Waals surface area contributed by atoms with Gasteiger partial charge < -0.3 is 5.32 Å². The molecule has 0 aliphatic rings. The van der Waals surface area contributed by atoms with Crippen molar-refractivity contribution < 1.29 is 0 Å². The van der Waals surface area contributed by atoms with E-state index in [-0.39, 0.29) is 0 Å². The third kappa shape index (κ3) is 6.87. The molecule has 0 spiro atoms. The van der Waals surface area contributed by atoms with Crippen LogP contribution < -0.4 is 5.32 Å². The standard InChI is InChI=1S/C17H32N2S/c1-14(2)12-18-10-6-8-16(5)19(15(3)4)13-17-9-7-11-20-17/h7,9,11,14-16,18H,6,8,10,12-13H2,1-5H3. The summed E-state index contributed by atoms with van der Waals surface area (Å²) in [4.78, 5) is 4.09. The molecule has 1 aromatic heterocycles. The van der Waals surface area contributed by atoms with Crippen LogP contribution in [0.2, 0.25) is 0 Å². The van der Waals surface area contributed by atoms with Gasteiger partial charge in [-0.1, -0.05) is 19.9 Å². The minimum atomic E-state index is 0.607. The first kappa shape index (κ1) is 17.7. The van der Waals surface area contributed by atoms with E-state index in [0.29, 0.717) is 12.1 Å². The highest BCUT2D eigenvalue weighted by atomic mass is 32.1. The van der Waals surface area contributed by atoms with Crippen LogP contribution in [0.15, 0.2) is 17.5 Å². The van der Waals surface area contributed by atoms with Crippen molar-refractivity contribution in [2.75, 3.05) is 13.1 Å². The van der Waals surface area contributed by atoms with E-state index >= 15 is 0 Å². The van der Waals surface area contributed by atoms with Gasteiger partial charge in [-0.15, -0.1) is 11.3 Å². The van der Waals surface area contributed by atoms with Crippen LogP contribution >= 0.6 is 11.3 Å². The second-order valence-electron chi connectivity index (χ2n) is 6.43. The summed E-state index contributed by atoms with van der Waals surface area (Å²) in [6.45, 7) is 14.9. The van der Waals surface area contributed by atoms with E-state index < -0.39 is 0 Å². The van der Waals surface area contributed by atoms with Gasteiger partial charge in [0.05, 0.1) is 0 Å². The summed E-state index contributed by atoms with van der Waals surface area (Å²) < 4.78 is 0. The zero-order valence-corrected chi connectivity index (χ0v) is 14.7. The molecule has 0 bridgehead atoms. The zero-order chi connectivity index (χ0) is 15.0. The van der Waals surface area contributed by atoms with E-state index in [1.54, 1.807) is 0 Å². The summed E-state index contributed by atoms with van der Waals surface area (Å²) in [6.07, 6.45) is 2.54. The van der Waals surface area contributed by atoms with Crippen LogP contribution in [0.5, 0.6) is 0 Å². The highest BCUT2D eigenvalue weighted by Gasteiger charge is 2.17. The lowest BCUT2D eigenvalue weighted by Gasteiger charge is -2.32. The Kier molecular flexibility index (Phi) is 8.43. The molecule has 0 radical (unpaired) electrons. The highest BCUT2D eigenvalue weighted by molar-refractivity contribution is 7.09.